The van der Waals surface area contributed by atoms with E-state index < -0.39 is 5.97 Å². The van der Waals surface area contributed by atoms with Gasteiger partial charge in [0, 0.05) is 0 Å². The molecular weight excluding hydrogens is 214 g/mol. The highest BCUT2D eigenvalue weighted by atomic mass is 32.1. The first kappa shape index (κ1) is 9.92. The van der Waals surface area contributed by atoms with Crippen LogP contribution in [0.4, 0.5) is 0 Å². The van der Waals surface area contributed by atoms with Crippen LogP contribution < -0.4 is 0 Å². The molecule has 2 rings (SSSR count). The van der Waals surface area contributed by atoms with Gasteiger partial charge in [0.25, 0.3) is 0 Å². The van der Waals surface area contributed by atoms with Crippen LogP contribution in [0.2, 0.25) is 0 Å². The van der Waals surface area contributed by atoms with E-state index in [1.165, 1.54) is 11.3 Å². The number of carboxylic acids is 1. The van der Waals surface area contributed by atoms with E-state index in [2.05, 4.69) is 4.98 Å². The molecular formula is C10H9NO3S. The van der Waals surface area contributed by atoms with Gasteiger partial charge in [-0.15, -0.1) is 11.3 Å². The number of nitrogens with zero attached hydrogens (tertiary/aromatic N) is 1. The zero-order chi connectivity index (χ0) is 11.0. The third-order valence-electron chi connectivity index (χ3n) is 2.05. The fourth-order valence-corrected chi connectivity index (χ4v) is 2.13. The molecule has 4 nitrogen and oxygen atoms in total. The Balaban J connectivity index is 2.52. The Hall–Kier alpha value is -1.62. The van der Waals surface area contributed by atoms with Gasteiger partial charge in [-0.25, -0.2) is 9.78 Å². The first-order chi connectivity index (χ1) is 7.09. The largest absolute Gasteiger partial charge is 0.475 e. The molecule has 0 aliphatic heterocycles. The predicted octanol–water partition coefficient (Wildman–Crippen LogP) is 2.72. The standard InChI is InChI=1S/C10H9NO3S/c1-5-3-4-15-8(5)9-11-6(2)7(14-9)10(12)13/h3-4H,1-2H3,(H,12,13). The zero-order valence-electron chi connectivity index (χ0n) is 8.27. The van der Waals surface area contributed by atoms with E-state index in [1.54, 1.807) is 6.92 Å². The monoisotopic (exact) mass is 223 g/mol. The third-order valence-corrected chi connectivity index (χ3v) is 3.05. The summed E-state index contributed by atoms with van der Waals surface area (Å²) in [5.74, 6) is -0.782. The van der Waals surface area contributed by atoms with Crippen LogP contribution in [0.15, 0.2) is 15.9 Å². The van der Waals surface area contributed by atoms with Gasteiger partial charge in [0.1, 0.15) is 0 Å². The van der Waals surface area contributed by atoms with Crippen LogP contribution in [0, 0.1) is 13.8 Å². The van der Waals surface area contributed by atoms with Gasteiger partial charge in [0.05, 0.1) is 10.6 Å². The van der Waals surface area contributed by atoms with Gasteiger partial charge in [-0.05, 0) is 30.9 Å². The number of aryl methyl sites for hydroxylation is 2. The first-order valence-corrected chi connectivity index (χ1v) is 5.22. The van der Waals surface area contributed by atoms with Crippen molar-refractivity contribution in [3.8, 4) is 10.8 Å². The highest BCUT2D eigenvalue weighted by molar-refractivity contribution is 7.13. The van der Waals surface area contributed by atoms with Crippen molar-refractivity contribution in [2.75, 3.05) is 0 Å². The van der Waals surface area contributed by atoms with Gasteiger partial charge < -0.3 is 9.52 Å². The average molecular weight is 223 g/mol. The van der Waals surface area contributed by atoms with Gasteiger partial charge >= 0.3 is 5.97 Å². The Bertz CT molecular complexity index is 512. The number of aromatic nitrogens is 1. The summed E-state index contributed by atoms with van der Waals surface area (Å²) >= 11 is 1.49. The molecule has 1 N–H and O–H groups in total. The smallest absolute Gasteiger partial charge is 0.373 e. The molecule has 2 heterocycles. The van der Waals surface area contributed by atoms with Crippen molar-refractivity contribution in [3.63, 3.8) is 0 Å². The molecule has 0 radical (unpaired) electrons. The Morgan fingerprint density at radius 3 is 2.73 bits per heavy atom. The summed E-state index contributed by atoms with van der Waals surface area (Å²) in [4.78, 5) is 15.7. The van der Waals surface area contributed by atoms with Crippen LogP contribution in [0.3, 0.4) is 0 Å². The minimum atomic E-state index is -1.08. The SMILES string of the molecule is Cc1ccsc1-c1nc(C)c(C(=O)O)o1. The summed E-state index contributed by atoms with van der Waals surface area (Å²) in [6, 6.07) is 1.94. The molecule has 0 unspecified atom stereocenters. The lowest BCUT2D eigenvalue weighted by Crippen LogP contribution is -1.95. The van der Waals surface area contributed by atoms with E-state index in [1.807, 2.05) is 18.4 Å². The number of hydrogen-bond donors (Lipinski definition) is 1. The van der Waals surface area contributed by atoms with Crippen LogP contribution in [-0.4, -0.2) is 16.1 Å². The van der Waals surface area contributed by atoms with Gasteiger partial charge in [0.15, 0.2) is 0 Å². The number of carbonyl (C=O) groups is 1. The Labute approximate surface area is 90.2 Å². The van der Waals surface area contributed by atoms with Gasteiger partial charge in [-0.1, -0.05) is 0 Å². The first-order valence-electron chi connectivity index (χ1n) is 4.35. The molecule has 15 heavy (non-hydrogen) atoms. The van der Waals surface area contributed by atoms with Crippen LogP contribution in [0.1, 0.15) is 21.8 Å². The fourth-order valence-electron chi connectivity index (χ4n) is 1.28. The molecule has 0 bridgehead atoms. The van der Waals surface area contributed by atoms with Crippen LogP contribution in [0.5, 0.6) is 0 Å². The lowest BCUT2D eigenvalue weighted by atomic mass is 10.3. The molecule has 0 spiro atoms. The van der Waals surface area contributed by atoms with Gasteiger partial charge in [-0.2, -0.15) is 0 Å². The minimum Gasteiger partial charge on any atom is -0.475 e. The number of hydrogen-bond acceptors (Lipinski definition) is 4. The lowest BCUT2D eigenvalue weighted by molar-refractivity contribution is 0.0662. The predicted molar refractivity (Wildman–Crippen MR) is 56.2 cm³/mol. The average Bonchev–Trinajstić information content (AvgIpc) is 2.71. The maximum atomic E-state index is 10.8. The van der Waals surface area contributed by atoms with Crippen molar-refractivity contribution in [2.24, 2.45) is 0 Å². The Morgan fingerprint density at radius 2 is 2.27 bits per heavy atom. The quantitative estimate of drug-likeness (QED) is 0.850. The highest BCUT2D eigenvalue weighted by Crippen LogP contribution is 2.29. The van der Waals surface area contributed by atoms with Crippen LogP contribution in [-0.2, 0) is 0 Å². The molecule has 0 aromatic carbocycles. The second-order valence-electron chi connectivity index (χ2n) is 3.17. The van der Waals surface area contributed by atoms with Crippen molar-refractivity contribution in [1.29, 1.82) is 0 Å². The van der Waals surface area contributed by atoms with Crippen molar-refractivity contribution >= 4 is 17.3 Å². The maximum Gasteiger partial charge on any atom is 0.373 e. The minimum absolute atomic E-state index is 0.0854. The van der Waals surface area contributed by atoms with E-state index in [0.29, 0.717) is 11.6 Å². The van der Waals surface area contributed by atoms with E-state index in [0.717, 1.165) is 10.4 Å². The summed E-state index contributed by atoms with van der Waals surface area (Å²) in [6.07, 6.45) is 0. The number of rotatable bonds is 2. The summed E-state index contributed by atoms with van der Waals surface area (Å²) in [7, 11) is 0. The lowest BCUT2D eigenvalue weighted by Gasteiger charge is -1.90. The molecule has 0 saturated heterocycles. The van der Waals surface area contributed by atoms with Crippen molar-refractivity contribution in [2.45, 2.75) is 13.8 Å². The van der Waals surface area contributed by atoms with Gasteiger partial charge in [0.2, 0.25) is 11.7 Å². The summed E-state index contributed by atoms with van der Waals surface area (Å²) in [5, 5.41) is 10.7. The fraction of sp³-hybridized carbons (Fsp3) is 0.200. The summed E-state index contributed by atoms with van der Waals surface area (Å²) in [5.41, 5.74) is 1.45. The molecule has 0 atom stereocenters. The van der Waals surface area contributed by atoms with E-state index in [-0.39, 0.29) is 5.76 Å². The number of oxazole rings is 1. The molecule has 78 valence electrons. The van der Waals surface area contributed by atoms with Crippen molar-refractivity contribution < 1.29 is 14.3 Å². The zero-order valence-corrected chi connectivity index (χ0v) is 9.09. The number of thiophene rings is 1. The second kappa shape index (κ2) is 3.51. The van der Waals surface area contributed by atoms with Gasteiger partial charge in [-0.3, -0.25) is 0 Å². The molecule has 0 aliphatic carbocycles. The number of carboxylic acid groups (broad SMARTS) is 1. The van der Waals surface area contributed by atoms with Crippen LogP contribution in [0.25, 0.3) is 10.8 Å². The molecule has 0 aliphatic rings. The normalized spacial score (nSPS) is 10.5. The van der Waals surface area contributed by atoms with E-state index in [4.69, 9.17) is 9.52 Å². The van der Waals surface area contributed by atoms with E-state index in [9.17, 15) is 4.79 Å². The second-order valence-corrected chi connectivity index (χ2v) is 4.09. The van der Waals surface area contributed by atoms with Crippen molar-refractivity contribution in [1.82, 2.24) is 4.98 Å². The van der Waals surface area contributed by atoms with Crippen molar-refractivity contribution in [3.05, 3.63) is 28.5 Å². The number of aromatic carboxylic acids is 1. The highest BCUT2D eigenvalue weighted by Gasteiger charge is 2.18. The topological polar surface area (TPSA) is 63.3 Å². The van der Waals surface area contributed by atoms with E-state index >= 15 is 0 Å². The molecule has 0 saturated carbocycles. The Morgan fingerprint density at radius 1 is 1.53 bits per heavy atom. The summed E-state index contributed by atoms with van der Waals surface area (Å²) < 4.78 is 5.20. The maximum absolute atomic E-state index is 10.8. The molecule has 5 heteroatoms. The molecule has 2 aromatic rings. The molecule has 2 aromatic heterocycles. The molecule has 0 amide bonds. The summed E-state index contributed by atoms with van der Waals surface area (Å²) in [6.45, 7) is 3.56. The Kier molecular flexibility index (Phi) is 2.32. The third kappa shape index (κ3) is 1.66. The molecule has 0 fully saturated rings. The van der Waals surface area contributed by atoms with Crippen LogP contribution >= 0.6 is 11.3 Å².